The van der Waals surface area contributed by atoms with Crippen LogP contribution in [0.2, 0.25) is 0 Å². The number of H-pyrrole nitrogens is 1. The van der Waals surface area contributed by atoms with Gasteiger partial charge in [-0.2, -0.15) is 26.3 Å². The second-order valence-corrected chi connectivity index (χ2v) is 8.52. The Morgan fingerprint density at radius 1 is 1.08 bits per heavy atom. The fourth-order valence-electron chi connectivity index (χ4n) is 3.68. The molecule has 10 nitrogen and oxygen atoms in total. The minimum Gasteiger partial charge on any atom is -0.492 e. The lowest BCUT2D eigenvalue weighted by Gasteiger charge is -2.19. The largest absolute Gasteiger partial charge is 0.492 e. The van der Waals surface area contributed by atoms with Crippen molar-refractivity contribution in [2.24, 2.45) is 11.8 Å². The smallest absolute Gasteiger partial charge is 0.490 e. The molecule has 38 heavy (non-hydrogen) atoms. The number of aromatic nitrogens is 3. The van der Waals surface area contributed by atoms with Gasteiger partial charge in [0.1, 0.15) is 5.75 Å². The van der Waals surface area contributed by atoms with Gasteiger partial charge in [0.05, 0.1) is 37.5 Å². The van der Waals surface area contributed by atoms with E-state index in [2.05, 4.69) is 26.8 Å². The van der Waals surface area contributed by atoms with Crippen molar-refractivity contribution in [2.75, 3.05) is 26.3 Å². The molecule has 212 valence electrons. The van der Waals surface area contributed by atoms with Crippen molar-refractivity contribution in [1.29, 1.82) is 0 Å². The molecule has 0 unspecified atom stereocenters. The molecule has 2 aliphatic rings. The molecule has 0 spiro atoms. The number of nitrogens with one attached hydrogen (secondary N) is 1. The van der Waals surface area contributed by atoms with Gasteiger partial charge in [-0.05, 0) is 26.0 Å². The molecule has 2 saturated heterocycles. The number of fused-ring (bicyclic) bond motifs is 1. The normalized spacial score (nSPS) is 21.0. The number of imidazole rings is 1. The van der Waals surface area contributed by atoms with E-state index in [0.717, 1.165) is 49.1 Å². The summed E-state index contributed by atoms with van der Waals surface area (Å²) >= 11 is 0. The van der Waals surface area contributed by atoms with E-state index in [-0.39, 0.29) is 0 Å². The van der Waals surface area contributed by atoms with Gasteiger partial charge in [-0.1, -0.05) is 0 Å². The minimum absolute atomic E-state index is 0.328. The van der Waals surface area contributed by atoms with Gasteiger partial charge < -0.3 is 24.7 Å². The number of rotatable bonds is 5. The number of carboxylic acids is 2. The van der Waals surface area contributed by atoms with Crippen LogP contribution in [0.15, 0.2) is 24.7 Å². The number of pyridine rings is 1. The molecule has 0 amide bonds. The average molecular weight is 556 g/mol. The molecule has 0 aromatic carbocycles. The van der Waals surface area contributed by atoms with Crippen LogP contribution in [-0.4, -0.2) is 86.8 Å². The van der Waals surface area contributed by atoms with E-state index in [0.29, 0.717) is 24.5 Å². The Labute approximate surface area is 212 Å². The molecule has 2 fully saturated rings. The molecule has 3 atom stereocenters. The highest BCUT2D eigenvalue weighted by Crippen LogP contribution is 2.34. The second-order valence-electron chi connectivity index (χ2n) is 8.52. The summed E-state index contributed by atoms with van der Waals surface area (Å²) in [5, 5.41) is 14.2. The summed E-state index contributed by atoms with van der Waals surface area (Å²) in [6, 6.07) is 3.96. The molecule has 2 aromatic rings. The highest BCUT2D eigenvalue weighted by molar-refractivity contribution is 5.73. The zero-order chi connectivity index (χ0) is 28.7. The maximum Gasteiger partial charge on any atom is 0.490 e. The zero-order valence-electron chi connectivity index (χ0n) is 20.2. The molecule has 16 heteroatoms. The molecule has 2 aliphatic heterocycles. The van der Waals surface area contributed by atoms with E-state index >= 15 is 0 Å². The van der Waals surface area contributed by atoms with Crippen LogP contribution >= 0.6 is 0 Å². The highest BCUT2D eigenvalue weighted by atomic mass is 19.4. The average Bonchev–Trinajstić information content (AvgIpc) is 3.50. The molecular weight excluding hydrogens is 530 g/mol. The maximum absolute atomic E-state index is 10.6. The number of nitrogens with zero attached hydrogens (tertiary/aromatic N) is 3. The first-order chi connectivity index (χ1) is 17.6. The number of carboxylic acid groups (broad SMARTS) is 2. The molecule has 4 rings (SSSR count). The van der Waals surface area contributed by atoms with Crippen LogP contribution in [0.4, 0.5) is 26.3 Å². The maximum atomic E-state index is 10.6. The third-order valence-electron chi connectivity index (χ3n) is 5.66. The number of halogens is 6. The summed E-state index contributed by atoms with van der Waals surface area (Å²) in [5.74, 6) is -3.68. The third-order valence-corrected chi connectivity index (χ3v) is 5.66. The van der Waals surface area contributed by atoms with E-state index in [1.54, 1.807) is 12.5 Å². The van der Waals surface area contributed by atoms with E-state index < -0.39 is 24.3 Å². The molecule has 2 aromatic heterocycles. The number of hydrogen-bond acceptors (Lipinski definition) is 7. The van der Waals surface area contributed by atoms with Crippen molar-refractivity contribution < 1.29 is 55.6 Å². The molecule has 3 N–H and O–H groups in total. The van der Waals surface area contributed by atoms with E-state index in [4.69, 9.17) is 29.3 Å². The number of ether oxygens (including phenoxy) is 2. The summed E-state index contributed by atoms with van der Waals surface area (Å²) in [4.78, 5) is 32.1. The predicted octanol–water partition coefficient (Wildman–Crippen LogP) is 3.21. The van der Waals surface area contributed by atoms with Gasteiger partial charge in [0.25, 0.3) is 0 Å². The van der Waals surface area contributed by atoms with Crippen LogP contribution in [0.25, 0.3) is 0 Å². The van der Waals surface area contributed by atoms with Gasteiger partial charge in [0.2, 0.25) is 0 Å². The van der Waals surface area contributed by atoms with Crippen molar-refractivity contribution in [3.05, 3.63) is 41.7 Å². The first-order valence-electron chi connectivity index (χ1n) is 11.1. The van der Waals surface area contributed by atoms with Crippen molar-refractivity contribution >= 4 is 11.9 Å². The first kappa shape index (κ1) is 30.8. The van der Waals surface area contributed by atoms with Crippen molar-refractivity contribution in [2.45, 2.75) is 38.8 Å². The molecule has 0 saturated carbocycles. The Balaban J connectivity index is 0.000000301. The molecule has 0 radical (unpaired) electrons. The summed E-state index contributed by atoms with van der Waals surface area (Å²) in [6.45, 7) is 8.47. The topological polar surface area (TPSA) is 138 Å². The van der Waals surface area contributed by atoms with Crippen molar-refractivity contribution in [3.63, 3.8) is 0 Å². The molecule has 4 heterocycles. The number of alkyl halides is 6. The second kappa shape index (κ2) is 12.9. The Morgan fingerprint density at radius 3 is 2.16 bits per heavy atom. The van der Waals surface area contributed by atoms with E-state index in [1.807, 2.05) is 19.1 Å². The van der Waals surface area contributed by atoms with Crippen LogP contribution in [0.5, 0.6) is 5.75 Å². The summed E-state index contributed by atoms with van der Waals surface area (Å²) < 4.78 is 75.4. The monoisotopic (exact) mass is 556 g/mol. The van der Waals surface area contributed by atoms with Crippen molar-refractivity contribution in [1.82, 2.24) is 19.9 Å². The Bertz CT molecular complexity index is 1040. The SMILES string of the molecule is Cc1ccc(OC[C@@H]2CO[C@@H]3CN(Cc4nc[nH]c4C)C[C@H]23)cn1.O=C(O)C(F)(F)F.O=C(O)C(F)(F)F. The lowest BCUT2D eigenvalue weighted by molar-refractivity contribution is -0.193. The number of likely N-dealkylation sites (tertiary alicyclic amines) is 1. The van der Waals surface area contributed by atoms with Crippen LogP contribution in [0.1, 0.15) is 17.1 Å². The van der Waals surface area contributed by atoms with Gasteiger partial charge in [-0.3, -0.25) is 9.88 Å². The lowest BCUT2D eigenvalue weighted by atomic mass is 9.94. The molecular formula is C22H26F6N4O6. The van der Waals surface area contributed by atoms with Crippen LogP contribution in [-0.2, 0) is 20.9 Å². The summed E-state index contributed by atoms with van der Waals surface area (Å²) in [7, 11) is 0. The minimum atomic E-state index is -5.08. The van der Waals surface area contributed by atoms with Gasteiger partial charge in [0.15, 0.2) is 0 Å². The fraction of sp³-hybridized carbons (Fsp3) is 0.545. The van der Waals surface area contributed by atoms with Gasteiger partial charge in [0, 0.05) is 42.9 Å². The Hall–Kier alpha value is -3.40. The van der Waals surface area contributed by atoms with Gasteiger partial charge >= 0.3 is 24.3 Å². The first-order valence-corrected chi connectivity index (χ1v) is 11.1. The standard InChI is InChI=1S/C18H24N4O2.2C2HF3O2/c1-12-3-4-15(5-19-12)23-9-14-10-24-18-8-22(6-16(14)18)7-17-13(2)20-11-21-17;2*3-2(4,5)1(6)7/h3-5,11,14,16,18H,6-10H2,1-2H3,(H,20,21);2*(H,6,7)/t14-,16-,18-;;/m1../s1. The van der Waals surface area contributed by atoms with Crippen molar-refractivity contribution in [3.8, 4) is 5.75 Å². The van der Waals surface area contributed by atoms with Crippen LogP contribution < -0.4 is 4.74 Å². The Morgan fingerprint density at radius 2 is 1.68 bits per heavy atom. The quantitative estimate of drug-likeness (QED) is 0.474. The number of aryl methyl sites for hydroxylation is 2. The summed E-state index contributed by atoms with van der Waals surface area (Å²) in [5.41, 5.74) is 3.29. The van der Waals surface area contributed by atoms with Crippen LogP contribution in [0, 0.1) is 25.7 Å². The molecule has 0 bridgehead atoms. The van der Waals surface area contributed by atoms with Gasteiger partial charge in [-0.15, -0.1) is 0 Å². The number of aromatic amines is 1. The zero-order valence-corrected chi connectivity index (χ0v) is 20.2. The number of aliphatic carboxylic acids is 2. The number of hydrogen-bond donors (Lipinski definition) is 3. The molecule has 0 aliphatic carbocycles. The van der Waals surface area contributed by atoms with Crippen LogP contribution in [0.3, 0.4) is 0 Å². The third kappa shape index (κ3) is 9.48. The van der Waals surface area contributed by atoms with Gasteiger partial charge in [-0.25, -0.2) is 14.6 Å². The van der Waals surface area contributed by atoms with E-state index in [9.17, 15) is 26.3 Å². The fourth-order valence-corrected chi connectivity index (χ4v) is 3.68. The summed E-state index contributed by atoms with van der Waals surface area (Å²) in [6.07, 6.45) is -6.28. The highest BCUT2D eigenvalue weighted by Gasteiger charge is 2.44. The van der Waals surface area contributed by atoms with E-state index in [1.165, 1.54) is 0 Å². The Kier molecular flexibility index (Phi) is 10.5. The predicted molar refractivity (Wildman–Crippen MR) is 117 cm³/mol. The lowest BCUT2D eigenvalue weighted by Crippen LogP contribution is -2.27. The number of carbonyl (C=O) groups is 2.